The van der Waals surface area contributed by atoms with Gasteiger partial charge in [-0.15, -0.1) is 11.3 Å². The van der Waals surface area contributed by atoms with Gasteiger partial charge in [0.2, 0.25) is 0 Å². The third kappa shape index (κ3) is 1.89. The standard InChI is InChI=1S/C15H16FN3S/c1-3-7-19-11-6-4-5-10(16)13(11)18-15(19)14-12(17)9(2)8-20-14/h4-6,8H,3,7,17H2,1-2H3. The summed E-state index contributed by atoms with van der Waals surface area (Å²) in [5.74, 6) is 0.480. The van der Waals surface area contributed by atoms with Crippen molar-refractivity contribution in [3.63, 3.8) is 0 Å². The van der Waals surface area contributed by atoms with Gasteiger partial charge in [-0.2, -0.15) is 0 Å². The van der Waals surface area contributed by atoms with Crippen molar-refractivity contribution in [3.05, 3.63) is 35.0 Å². The molecule has 0 saturated carbocycles. The number of nitrogens with zero attached hydrogens (tertiary/aromatic N) is 2. The summed E-state index contributed by atoms with van der Waals surface area (Å²) in [5.41, 5.74) is 9.15. The van der Waals surface area contributed by atoms with Crippen molar-refractivity contribution >= 4 is 28.1 Å². The predicted molar refractivity (Wildman–Crippen MR) is 82.4 cm³/mol. The quantitative estimate of drug-likeness (QED) is 0.785. The Kier molecular flexibility index (Phi) is 3.22. The van der Waals surface area contributed by atoms with E-state index < -0.39 is 0 Å². The summed E-state index contributed by atoms with van der Waals surface area (Å²) in [5, 5.41) is 2.01. The van der Waals surface area contributed by atoms with Crippen molar-refractivity contribution in [1.29, 1.82) is 0 Å². The van der Waals surface area contributed by atoms with E-state index >= 15 is 0 Å². The number of fused-ring (bicyclic) bond motifs is 1. The van der Waals surface area contributed by atoms with Gasteiger partial charge in [0.25, 0.3) is 0 Å². The molecule has 104 valence electrons. The number of thiophene rings is 1. The molecule has 0 aliphatic heterocycles. The zero-order chi connectivity index (χ0) is 14.3. The lowest BCUT2D eigenvalue weighted by molar-refractivity contribution is 0.637. The van der Waals surface area contributed by atoms with Crippen LogP contribution in [0, 0.1) is 12.7 Å². The second-order valence-corrected chi connectivity index (χ2v) is 5.74. The maximum atomic E-state index is 13.9. The highest BCUT2D eigenvalue weighted by Crippen LogP contribution is 2.36. The van der Waals surface area contributed by atoms with Crippen molar-refractivity contribution in [2.75, 3.05) is 5.73 Å². The lowest BCUT2D eigenvalue weighted by Gasteiger charge is -2.07. The molecule has 0 atom stereocenters. The van der Waals surface area contributed by atoms with Gasteiger partial charge in [0.15, 0.2) is 11.6 Å². The summed E-state index contributed by atoms with van der Waals surface area (Å²) in [4.78, 5) is 5.42. The Morgan fingerprint density at radius 2 is 2.20 bits per heavy atom. The molecule has 2 heterocycles. The molecule has 0 saturated heterocycles. The first-order chi connectivity index (χ1) is 9.63. The predicted octanol–water partition coefficient (Wildman–Crippen LogP) is 4.20. The van der Waals surface area contributed by atoms with Gasteiger partial charge in [-0.3, -0.25) is 0 Å². The summed E-state index contributed by atoms with van der Waals surface area (Å²) >= 11 is 1.56. The molecule has 3 aromatic rings. The minimum absolute atomic E-state index is 0.287. The van der Waals surface area contributed by atoms with Crippen LogP contribution < -0.4 is 5.73 Å². The van der Waals surface area contributed by atoms with Crippen molar-refractivity contribution in [2.45, 2.75) is 26.8 Å². The average Bonchev–Trinajstić information content (AvgIpc) is 2.94. The number of aryl methyl sites for hydroxylation is 2. The van der Waals surface area contributed by atoms with Gasteiger partial charge in [-0.05, 0) is 36.4 Å². The minimum Gasteiger partial charge on any atom is -0.397 e. The number of nitrogen functional groups attached to an aromatic ring is 1. The van der Waals surface area contributed by atoms with Crippen LogP contribution >= 0.6 is 11.3 Å². The van der Waals surface area contributed by atoms with E-state index in [2.05, 4.69) is 16.5 Å². The Balaban J connectivity index is 2.32. The van der Waals surface area contributed by atoms with Crippen LogP contribution in [0.4, 0.5) is 10.1 Å². The third-order valence-electron chi connectivity index (χ3n) is 3.40. The number of imidazole rings is 1. The van der Waals surface area contributed by atoms with Gasteiger partial charge in [0, 0.05) is 6.54 Å². The lowest BCUT2D eigenvalue weighted by Crippen LogP contribution is -2.00. The van der Waals surface area contributed by atoms with Crippen molar-refractivity contribution in [2.24, 2.45) is 0 Å². The zero-order valence-corrected chi connectivity index (χ0v) is 12.3. The van der Waals surface area contributed by atoms with E-state index in [1.807, 2.05) is 18.4 Å². The lowest BCUT2D eigenvalue weighted by atomic mass is 10.2. The van der Waals surface area contributed by atoms with Crippen LogP contribution in [-0.2, 0) is 6.54 Å². The largest absolute Gasteiger partial charge is 0.397 e. The maximum Gasteiger partial charge on any atom is 0.153 e. The molecule has 1 aromatic carbocycles. The third-order valence-corrected chi connectivity index (χ3v) is 4.51. The molecule has 0 bridgehead atoms. The highest BCUT2D eigenvalue weighted by molar-refractivity contribution is 7.14. The molecular weight excluding hydrogens is 273 g/mol. The molecule has 3 rings (SSSR count). The van der Waals surface area contributed by atoms with E-state index in [1.165, 1.54) is 6.07 Å². The Morgan fingerprint density at radius 1 is 1.40 bits per heavy atom. The normalized spacial score (nSPS) is 11.3. The number of anilines is 1. The van der Waals surface area contributed by atoms with Gasteiger partial charge in [0.1, 0.15) is 5.52 Å². The fourth-order valence-electron chi connectivity index (χ4n) is 2.36. The number of benzene rings is 1. The topological polar surface area (TPSA) is 43.8 Å². The molecule has 20 heavy (non-hydrogen) atoms. The Labute approximate surface area is 120 Å². The molecule has 2 N–H and O–H groups in total. The van der Waals surface area contributed by atoms with Crippen LogP contribution in [0.5, 0.6) is 0 Å². The van der Waals surface area contributed by atoms with Gasteiger partial charge < -0.3 is 10.3 Å². The number of para-hydroxylation sites is 1. The molecule has 3 nitrogen and oxygen atoms in total. The van der Waals surface area contributed by atoms with E-state index in [0.717, 1.165) is 40.4 Å². The second kappa shape index (κ2) is 4.90. The van der Waals surface area contributed by atoms with E-state index in [-0.39, 0.29) is 5.82 Å². The summed E-state index contributed by atoms with van der Waals surface area (Å²) < 4.78 is 16.0. The molecular formula is C15H16FN3S. The minimum atomic E-state index is -0.287. The number of hydrogen-bond donors (Lipinski definition) is 1. The Hall–Kier alpha value is -1.88. The highest BCUT2D eigenvalue weighted by Gasteiger charge is 2.18. The number of nitrogens with two attached hydrogens (primary N) is 1. The van der Waals surface area contributed by atoms with Gasteiger partial charge in [-0.25, -0.2) is 9.37 Å². The van der Waals surface area contributed by atoms with Gasteiger partial charge in [0.05, 0.1) is 16.1 Å². The number of aromatic nitrogens is 2. The first-order valence-electron chi connectivity index (χ1n) is 6.62. The van der Waals surface area contributed by atoms with Crippen LogP contribution in [0.1, 0.15) is 18.9 Å². The summed E-state index contributed by atoms with van der Waals surface area (Å²) in [7, 11) is 0. The Bertz CT molecular complexity index is 773. The van der Waals surface area contributed by atoms with Crippen molar-refractivity contribution in [3.8, 4) is 10.7 Å². The first-order valence-corrected chi connectivity index (χ1v) is 7.50. The van der Waals surface area contributed by atoms with E-state index in [9.17, 15) is 4.39 Å². The molecule has 0 fully saturated rings. The van der Waals surface area contributed by atoms with Gasteiger partial charge >= 0.3 is 0 Å². The summed E-state index contributed by atoms with van der Waals surface area (Å²) in [6.45, 7) is 4.87. The van der Waals surface area contributed by atoms with E-state index in [1.54, 1.807) is 17.4 Å². The first kappa shape index (κ1) is 13.1. The SMILES string of the molecule is CCCn1c(-c2scc(C)c2N)nc2c(F)cccc21. The molecule has 0 spiro atoms. The van der Waals surface area contributed by atoms with Crippen molar-refractivity contribution in [1.82, 2.24) is 9.55 Å². The zero-order valence-electron chi connectivity index (χ0n) is 11.5. The fourth-order valence-corrected chi connectivity index (χ4v) is 3.33. The molecule has 0 aliphatic carbocycles. The monoisotopic (exact) mass is 289 g/mol. The van der Waals surface area contributed by atoms with Crippen LogP contribution in [0.25, 0.3) is 21.7 Å². The smallest absolute Gasteiger partial charge is 0.153 e. The van der Waals surface area contributed by atoms with E-state index in [4.69, 9.17) is 5.73 Å². The molecule has 0 aliphatic rings. The van der Waals surface area contributed by atoms with Gasteiger partial charge in [-0.1, -0.05) is 13.0 Å². The number of hydrogen-bond acceptors (Lipinski definition) is 3. The average molecular weight is 289 g/mol. The second-order valence-electron chi connectivity index (χ2n) is 4.86. The van der Waals surface area contributed by atoms with Crippen LogP contribution in [0.15, 0.2) is 23.6 Å². The molecule has 2 aromatic heterocycles. The van der Waals surface area contributed by atoms with Crippen LogP contribution in [0.2, 0.25) is 0 Å². The summed E-state index contributed by atoms with van der Waals surface area (Å²) in [6.07, 6.45) is 0.958. The van der Waals surface area contributed by atoms with Crippen LogP contribution in [-0.4, -0.2) is 9.55 Å². The molecule has 0 amide bonds. The molecule has 0 unspecified atom stereocenters. The van der Waals surface area contributed by atoms with Crippen molar-refractivity contribution < 1.29 is 4.39 Å². The maximum absolute atomic E-state index is 13.9. The summed E-state index contributed by atoms with van der Waals surface area (Å²) in [6, 6.07) is 5.07. The van der Waals surface area contributed by atoms with Crippen LogP contribution in [0.3, 0.4) is 0 Å². The number of rotatable bonds is 3. The number of halogens is 1. The molecule has 0 radical (unpaired) electrons. The van der Waals surface area contributed by atoms with E-state index in [0.29, 0.717) is 5.52 Å². The fraction of sp³-hybridized carbons (Fsp3) is 0.267. The highest BCUT2D eigenvalue weighted by atomic mass is 32.1. The Morgan fingerprint density at radius 3 is 2.85 bits per heavy atom. The molecule has 5 heteroatoms.